The fourth-order valence-electron chi connectivity index (χ4n) is 2.37. The first-order valence-corrected chi connectivity index (χ1v) is 9.24. The molecular weight excluding hydrogens is 373 g/mol. The molecule has 0 aliphatic carbocycles. The first-order chi connectivity index (χ1) is 13.0. The third-order valence-corrected chi connectivity index (χ3v) is 4.79. The number of thioether (sulfide) groups is 1. The third-order valence-electron chi connectivity index (χ3n) is 3.76. The van der Waals surface area contributed by atoms with Crippen LogP contribution < -0.4 is 14.8 Å². The number of ether oxygens (including phenoxy) is 3. The van der Waals surface area contributed by atoms with Gasteiger partial charge in [0.05, 0.1) is 5.75 Å². The normalized spacial score (nSPS) is 13.1. The summed E-state index contributed by atoms with van der Waals surface area (Å²) in [5, 5.41) is 2.70. The smallest absolute Gasteiger partial charge is 0.317 e. The van der Waals surface area contributed by atoms with Crippen LogP contribution in [0.25, 0.3) is 0 Å². The van der Waals surface area contributed by atoms with Gasteiger partial charge in [-0.3, -0.25) is 9.59 Å². The number of carbonyl (C=O) groups is 2. The molecule has 1 aliphatic heterocycles. The van der Waals surface area contributed by atoms with Gasteiger partial charge in [-0.1, -0.05) is 18.2 Å². The maximum Gasteiger partial charge on any atom is 0.317 e. The van der Waals surface area contributed by atoms with Crippen molar-refractivity contribution in [1.82, 2.24) is 5.32 Å². The summed E-state index contributed by atoms with van der Waals surface area (Å²) in [5.41, 5.74) is 0.834. The van der Waals surface area contributed by atoms with Gasteiger partial charge in [0, 0.05) is 11.4 Å². The van der Waals surface area contributed by atoms with Gasteiger partial charge in [-0.2, -0.15) is 0 Å². The number of esters is 1. The molecule has 2 aromatic rings. The number of rotatable bonds is 7. The summed E-state index contributed by atoms with van der Waals surface area (Å²) in [6.07, 6.45) is -0.951. The molecule has 0 radical (unpaired) electrons. The molecule has 0 unspecified atom stereocenters. The monoisotopic (exact) mass is 391 g/mol. The van der Waals surface area contributed by atoms with Crippen LogP contribution in [0.3, 0.4) is 0 Å². The first-order valence-electron chi connectivity index (χ1n) is 8.26. The van der Waals surface area contributed by atoms with Gasteiger partial charge in [0.1, 0.15) is 5.82 Å². The van der Waals surface area contributed by atoms with Gasteiger partial charge in [-0.25, -0.2) is 4.39 Å². The Balaban J connectivity index is 1.43. The molecule has 1 heterocycles. The second-order valence-electron chi connectivity index (χ2n) is 5.76. The molecule has 6 nitrogen and oxygen atoms in total. The van der Waals surface area contributed by atoms with Crippen molar-refractivity contribution in [3.63, 3.8) is 0 Å². The number of carbonyl (C=O) groups excluding carboxylic acids is 2. The second-order valence-corrected chi connectivity index (χ2v) is 6.77. The maximum absolute atomic E-state index is 13.5. The highest BCUT2D eigenvalue weighted by atomic mass is 32.2. The number of halogens is 1. The van der Waals surface area contributed by atoms with E-state index in [4.69, 9.17) is 14.2 Å². The van der Waals surface area contributed by atoms with E-state index in [1.807, 2.05) is 6.07 Å². The zero-order chi connectivity index (χ0) is 19.2. The summed E-state index contributed by atoms with van der Waals surface area (Å²) in [6, 6.07) is 11.5. The van der Waals surface area contributed by atoms with Crippen LogP contribution in [-0.4, -0.2) is 30.5 Å². The number of hydrogen-bond donors (Lipinski definition) is 1. The summed E-state index contributed by atoms with van der Waals surface area (Å²) >= 11 is 1.02. The Morgan fingerprint density at radius 3 is 2.81 bits per heavy atom. The highest BCUT2D eigenvalue weighted by Crippen LogP contribution is 2.32. The van der Waals surface area contributed by atoms with Crippen LogP contribution in [0.5, 0.6) is 11.5 Å². The van der Waals surface area contributed by atoms with Crippen LogP contribution in [0.4, 0.5) is 4.39 Å². The topological polar surface area (TPSA) is 73.9 Å². The van der Waals surface area contributed by atoms with E-state index in [1.165, 1.54) is 13.0 Å². The molecule has 0 saturated carbocycles. The molecule has 3 rings (SSSR count). The van der Waals surface area contributed by atoms with E-state index < -0.39 is 23.8 Å². The Labute approximate surface area is 160 Å². The quantitative estimate of drug-likeness (QED) is 0.578. The van der Waals surface area contributed by atoms with Gasteiger partial charge >= 0.3 is 5.97 Å². The third kappa shape index (κ3) is 5.13. The Morgan fingerprint density at radius 2 is 2.00 bits per heavy atom. The molecule has 27 heavy (non-hydrogen) atoms. The Hall–Kier alpha value is -2.74. The highest BCUT2D eigenvalue weighted by molar-refractivity contribution is 8.00. The standard InChI is InChI=1S/C19H18FNO5S/c1-12(26-18(22)10-27-17-5-3-2-4-14(17)20)19(23)21-9-13-6-7-15-16(8-13)25-11-24-15/h2-8,12H,9-11H2,1H3,(H,21,23)/t12-/m1/s1. The van der Waals surface area contributed by atoms with Crippen molar-refractivity contribution >= 4 is 23.6 Å². The molecule has 0 fully saturated rings. The van der Waals surface area contributed by atoms with Crippen molar-refractivity contribution in [2.45, 2.75) is 24.5 Å². The van der Waals surface area contributed by atoms with Gasteiger partial charge in [-0.05, 0) is 36.8 Å². The van der Waals surface area contributed by atoms with Gasteiger partial charge in [0.15, 0.2) is 17.6 Å². The zero-order valence-corrected chi connectivity index (χ0v) is 15.4. The number of nitrogens with one attached hydrogen (secondary N) is 1. The molecule has 1 aliphatic rings. The molecule has 2 aromatic carbocycles. The van der Waals surface area contributed by atoms with E-state index in [-0.39, 0.29) is 19.1 Å². The summed E-state index contributed by atoms with van der Waals surface area (Å²) < 4.78 is 29.1. The predicted octanol–water partition coefficient (Wildman–Crippen LogP) is 2.89. The SMILES string of the molecule is C[C@@H](OC(=O)CSc1ccccc1F)C(=O)NCc1ccc2c(c1)OCO2. The van der Waals surface area contributed by atoms with Crippen LogP contribution in [0.1, 0.15) is 12.5 Å². The fraction of sp³-hybridized carbons (Fsp3) is 0.263. The van der Waals surface area contributed by atoms with Crippen molar-refractivity contribution < 1.29 is 28.2 Å². The minimum absolute atomic E-state index is 0.0826. The van der Waals surface area contributed by atoms with Crippen LogP contribution in [0.2, 0.25) is 0 Å². The lowest BCUT2D eigenvalue weighted by molar-refractivity contribution is -0.152. The van der Waals surface area contributed by atoms with Gasteiger partial charge < -0.3 is 19.5 Å². The molecule has 8 heteroatoms. The zero-order valence-electron chi connectivity index (χ0n) is 14.6. The van der Waals surface area contributed by atoms with Crippen molar-refractivity contribution in [3.05, 3.63) is 53.8 Å². The lowest BCUT2D eigenvalue weighted by Crippen LogP contribution is -2.35. The van der Waals surface area contributed by atoms with Crippen molar-refractivity contribution in [1.29, 1.82) is 0 Å². The Kier molecular flexibility index (Phi) is 6.18. The van der Waals surface area contributed by atoms with Crippen LogP contribution in [-0.2, 0) is 20.9 Å². The van der Waals surface area contributed by atoms with E-state index in [1.54, 1.807) is 30.3 Å². The van der Waals surface area contributed by atoms with E-state index >= 15 is 0 Å². The van der Waals surface area contributed by atoms with E-state index in [2.05, 4.69) is 5.32 Å². The molecule has 0 bridgehead atoms. The molecular formula is C19H18FNO5S. The molecule has 1 atom stereocenters. The van der Waals surface area contributed by atoms with Crippen molar-refractivity contribution in [2.24, 2.45) is 0 Å². The number of benzene rings is 2. The number of amides is 1. The largest absolute Gasteiger partial charge is 0.454 e. The van der Waals surface area contributed by atoms with E-state index in [9.17, 15) is 14.0 Å². The summed E-state index contributed by atoms with van der Waals surface area (Å²) in [6.45, 7) is 1.94. The minimum Gasteiger partial charge on any atom is -0.454 e. The fourth-order valence-corrected chi connectivity index (χ4v) is 3.09. The molecule has 142 valence electrons. The second kappa shape index (κ2) is 8.77. The van der Waals surface area contributed by atoms with Crippen molar-refractivity contribution in [2.75, 3.05) is 12.5 Å². The van der Waals surface area contributed by atoms with Crippen LogP contribution in [0.15, 0.2) is 47.4 Å². The predicted molar refractivity (Wildman–Crippen MR) is 97.1 cm³/mol. The maximum atomic E-state index is 13.5. The number of fused-ring (bicyclic) bond motifs is 1. The summed E-state index contributed by atoms with van der Waals surface area (Å²) in [5.74, 6) is -0.192. The van der Waals surface area contributed by atoms with E-state index in [0.717, 1.165) is 17.3 Å². The average Bonchev–Trinajstić information content (AvgIpc) is 3.13. The summed E-state index contributed by atoms with van der Waals surface area (Å²) in [4.78, 5) is 24.3. The van der Waals surface area contributed by atoms with Gasteiger partial charge in [0.25, 0.3) is 5.91 Å². The molecule has 0 saturated heterocycles. The van der Waals surface area contributed by atoms with Crippen molar-refractivity contribution in [3.8, 4) is 11.5 Å². The highest BCUT2D eigenvalue weighted by Gasteiger charge is 2.19. The summed E-state index contributed by atoms with van der Waals surface area (Å²) in [7, 11) is 0. The lowest BCUT2D eigenvalue weighted by atomic mass is 10.2. The molecule has 1 N–H and O–H groups in total. The minimum atomic E-state index is -0.951. The van der Waals surface area contributed by atoms with E-state index in [0.29, 0.717) is 16.4 Å². The first kappa shape index (κ1) is 19.0. The molecule has 0 aromatic heterocycles. The van der Waals surface area contributed by atoms with Gasteiger partial charge in [0.2, 0.25) is 6.79 Å². The van der Waals surface area contributed by atoms with Gasteiger partial charge in [-0.15, -0.1) is 11.8 Å². The molecule has 1 amide bonds. The van der Waals surface area contributed by atoms with Crippen LogP contribution >= 0.6 is 11.8 Å². The molecule has 0 spiro atoms. The Bertz CT molecular complexity index is 845. The van der Waals surface area contributed by atoms with Crippen LogP contribution in [0, 0.1) is 5.82 Å². The number of hydrogen-bond acceptors (Lipinski definition) is 6. The average molecular weight is 391 g/mol. The Morgan fingerprint density at radius 1 is 1.22 bits per heavy atom. The lowest BCUT2D eigenvalue weighted by Gasteiger charge is -2.13.